The number of nitrogens with zero attached hydrogens (tertiary/aromatic N) is 4. The van der Waals surface area contributed by atoms with Crippen molar-refractivity contribution in [2.24, 2.45) is 0 Å². The first kappa shape index (κ1) is 29.5. The second-order valence-corrected chi connectivity index (χ2v) is 11.4. The van der Waals surface area contributed by atoms with Crippen LogP contribution in [0.2, 0.25) is 0 Å². The first-order chi connectivity index (χ1) is 20.1. The van der Waals surface area contributed by atoms with Gasteiger partial charge in [0.2, 0.25) is 0 Å². The van der Waals surface area contributed by atoms with E-state index in [0.717, 1.165) is 74.6 Å². The molecule has 0 aliphatic carbocycles. The maximum Gasteiger partial charge on any atom is 0.177 e. The molecule has 2 aromatic heterocycles. The molecule has 0 atom stereocenters. The lowest BCUT2D eigenvalue weighted by Gasteiger charge is -2.32. The van der Waals surface area contributed by atoms with E-state index in [9.17, 15) is 4.39 Å². The number of hydrogen-bond acceptors (Lipinski definition) is 7. The van der Waals surface area contributed by atoms with Crippen molar-refractivity contribution in [3.8, 4) is 5.75 Å². The van der Waals surface area contributed by atoms with Gasteiger partial charge in [-0.05, 0) is 75.8 Å². The Morgan fingerprint density at radius 1 is 0.951 bits per heavy atom. The van der Waals surface area contributed by atoms with Crippen LogP contribution in [-0.2, 0) is 0 Å². The summed E-state index contributed by atoms with van der Waals surface area (Å²) in [6.07, 6.45) is 5.94. The second kappa shape index (κ2) is 14.3. The van der Waals surface area contributed by atoms with Gasteiger partial charge in [0, 0.05) is 56.6 Å². The van der Waals surface area contributed by atoms with E-state index in [4.69, 9.17) is 14.1 Å². The number of fused-ring (bicyclic) bond motifs is 4. The van der Waals surface area contributed by atoms with Gasteiger partial charge in [0.1, 0.15) is 22.7 Å². The van der Waals surface area contributed by atoms with E-state index in [0.29, 0.717) is 28.7 Å². The quantitative estimate of drug-likeness (QED) is 0.164. The van der Waals surface area contributed by atoms with Crippen LogP contribution in [0.25, 0.3) is 33.0 Å². The highest BCUT2D eigenvalue weighted by Crippen LogP contribution is 2.38. The van der Waals surface area contributed by atoms with Crippen LogP contribution in [0.1, 0.15) is 46.0 Å². The molecule has 0 spiro atoms. The highest BCUT2D eigenvalue weighted by atomic mass is 19.1. The van der Waals surface area contributed by atoms with E-state index in [2.05, 4.69) is 47.0 Å². The molecule has 1 N–H and O–H groups in total. The minimum Gasteiger partial charge on any atom is -0.494 e. The lowest BCUT2D eigenvalue weighted by atomic mass is 10.1. The number of aromatic nitrogens is 1. The molecule has 222 valence electrons. The molecule has 41 heavy (non-hydrogen) atoms. The summed E-state index contributed by atoms with van der Waals surface area (Å²) < 4.78 is 26.7. The molecule has 7 nitrogen and oxygen atoms in total. The van der Waals surface area contributed by atoms with E-state index in [1.807, 2.05) is 12.1 Å². The molecule has 5 rings (SSSR count). The lowest BCUT2D eigenvalue weighted by molar-refractivity contribution is 0.158. The fourth-order valence-electron chi connectivity index (χ4n) is 5.65. The van der Waals surface area contributed by atoms with Crippen LogP contribution < -0.4 is 10.1 Å². The van der Waals surface area contributed by atoms with Gasteiger partial charge in [-0.25, -0.2) is 9.37 Å². The normalized spacial score (nSPS) is 15.0. The summed E-state index contributed by atoms with van der Waals surface area (Å²) >= 11 is 0. The maximum atomic E-state index is 14.2. The Morgan fingerprint density at radius 2 is 1.71 bits per heavy atom. The van der Waals surface area contributed by atoms with Crippen molar-refractivity contribution >= 4 is 38.7 Å². The van der Waals surface area contributed by atoms with E-state index in [1.165, 1.54) is 50.9 Å². The number of halogens is 1. The van der Waals surface area contributed by atoms with Gasteiger partial charge in [0.25, 0.3) is 0 Å². The molecule has 0 unspecified atom stereocenters. The Morgan fingerprint density at radius 3 is 2.46 bits per heavy atom. The second-order valence-electron chi connectivity index (χ2n) is 11.4. The van der Waals surface area contributed by atoms with Crippen LogP contribution in [0.4, 0.5) is 10.1 Å². The number of piperazine rings is 1. The number of benzene rings is 2. The third kappa shape index (κ3) is 7.48. The summed E-state index contributed by atoms with van der Waals surface area (Å²) in [4.78, 5) is 12.3. The molecule has 8 heteroatoms. The monoisotopic (exact) mass is 563 g/mol. The van der Waals surface area contributed by atoms with E-state index in [1.54, 1.807) is 6.07 Å². The Bertz CT molecular complexity index is 1410. The van der Waals surface area contributed by atoms with Crippen molar-refractivity contribution in [2.75, 3.05) is 77.9 Å². The van der Waals surface area contributed by atoms with Crippen LogP contribution >= 0.6 is 0 Å². The summed E-state index contributed by atoms with van der Waals surface area (Å²) in [6.45, 7) is 14.6. The van der Waals surface area contributed by atoms with Gasteiger partial charge in [-0.15, -0.1) is 0 Å². The zero-order chi connectivity index (χ0) is 28.6. The van der Waals surface area contributed by atoms with E-state index in [-0.39, 0.29) is 5.82 Å². The molecular weight excluding hydrogens is 517 g/mol. The minimum absolute atomic E-state index is 0.293. The molecule has 0 amide bonds. The summed E-state index contributed by atoms with van der Waals surface area (Å²) in [7, 11) is 2.18. The fourth-order valence-corrected chi connectivity index (χ4v) is 5.65. The summed E-state index contributed by atoms with van der Waals surface area (Å²) in [5, 5.41) is 5.32. The van der Waals surface area contributed by atoms with E-state index >= 15 is 0 Å². The predicted octanol–water partition coefficient (Wildman–Crippen LogP) is 6.60. The zero-order valence-electron chi connectivity index (χ0n) is 25.1. The minimum atomic E-state index is -0.293. The van der Waals surface area contributed by atoms with Gasteiger partial charge in [-0.1, -0.05) is 26.7 Å². The Labute approximate surface area is 243 Å². The first-order valence-electron chi connectivity index (χ1n) is 15.5. The average Bonchev–Trinajstić information content (AvgIpc) is 3.34. The molecule has 1 saturated heterocycles. The third-order valence-corrected chi connectivity index (χ3v) is 8.19. The zero-order valence-corrected chi connectivity index (χ0v) is 25.1. The number of nitrogens with one attached hydrogen (secondary N) is 1. The van der Waals surface area contributed by atoms with Crippen LogP contribution in [0.15, 0.2) is 40.8 Å². The van der Waals surface area contributed by atoms with Crippen molar-refractivity contribution in [1.82, 2.24) is 19.7 Å². The molecule has 0 saturated carbocycles. The van der Waals surface area contributed by atoms with Crippen LogP contribution in [0, 0.1) is 5.82 Å². The van der Waals surface area contributed by atoms with Crippen molar-refractivity contribution in [3.63, 3.8) is 0 Å². The number of unbranched alkanes of at least 4 members (excludes halogenated alkanes) is 2. The average molecular weight is 564 g/mol. The SMILES string of the molecule is CCCCN(CCCC)CCCOc1ccc2nc3c(oc4ccc(F)cc43)c(NCCN3CCN(C)CC3)c2c1. The highest BCUT2D eigenvalue weighted by Gasteiger charge is 2.19. The van der Waals surface area contributed by atoms with Crippen LogP contribution in [0.5, 0.6) is 5.75 Å². The molecule has 2 aromatic carbocycles. The Kier molecular flexibility index (Phi) is 10.3. The van der Waals surface area contributed by atoms with Gasteiger partial charge in [-0.2, -0.15) is 0 Å². The maximum absolute atomic E-state index is 14.2. The smallest absolute Gasteiger partial charge is 0.177 e. The van der Waals surface area contributed by atoms with Gasteiger partial charge in [0.15, 0.2) is 5.58 Å². The number of ether oxygens (including phenoxy) is 1. The lowest BCUT2D eigenvalue weighted by Crippen LogP contribution is -2.45. The third-order valence-electron chi connectivity index (χ3n) is 8.19. The molecular formula is C33H46FN5O2. The van der Waals surface area contributed by atoms with Crippen LogP contribution in [0.3, 0.4) is 0 Å². The number of rotatable bonds is 15. The molecule has 0 radical (unpaired) electrons. The number of likely N-dealkylation sites (N-methyl/N-ethyl adjacent to an activating group) is 1. The van der Waals surface area contributed by atoms with E-state index < -0.39 is 0 Å². The molecule has 1 aliphatic heterocycles. The van der Waals surface area contributed by atoms with Crippen molar-refractivity contribution in [3.05, 3.63) is 42.2 Å². The number of hydrogen-bond donors (Lipinski definition) is 1. The standard InChI is InChI=1S/C33H46FN5O2/c1-4-6-14-38(15-7-5-2)16-8-22-40-26-10-11-29-27(24-26)31(35-13-17-39-20-18-37(3)19-21-39)33-32(36-29)28-23-25(34)9-12-30(28)41-33/h9-12,23-24H,4-8,13-22H2,1-3H3,(H,35,36). The van der Waals surface area contributed by atoms with Gasteiger partial charge >= 0.3 is 0 Å². The van der Waals surface area contributed by atoms with Crippen LogP contribution in [-0.4, -0.2) is 92.2 Å². The summed E-state index contributed by atoms with van der Waals surface area (Å²) in [5.74, 6) is 0.537. The molecule has 1 aliphatic rings. The molecule has 0 bridgehead atoms. The van der Waals surface area contributed by atoms with Gasteiger partial charge < -0.3 is 24.3 Å². The molecule has 3 heterocycles. The van der Waals surface area contributed by atoms with Crippen molar-refractivity contribution in [2.45, 2.75) is 46.0 Å². The van der Waals surface area contributed by atoms with Crippen molar-refractivity contribution < 1.29 is 13.5 Å². The van der Waals surface area contributed by atoms with Gasteiger partial charge in [-0.3, -0.25) is 4.90 Å². The predicted molar refractivity (Wildman–Crippen MR) is 168 cm³/mol. The number of furan rings is 1. The Balaban J connectivity index is 1.35. The Hall–Kier alpha value is -2.94. The number of anilines is 1. The fraction of sp³-hybridized carbons (Fsp3) is 0.545. The van der Waals surface area contributed by atoms with Crippen molar-refractivity contribution in [1.29, 1.82) is 0 Å². The first-order valence-corrected chi connectivity index (χ1v) is 15.5. The number of pyridine rings is 1. The molecule has 4 aromatic rings. The molecule has 1 fully saturated rings. The highest BCUT2D eigenvalue weighted by molar-refractivity contribution is 6.14. The van der Waals surface area contributed by atoms with Gasteiger partial charge in [0.05, 0.1) is 17.8 Å². The topological polar surface area (TPSA) is 57.0 Å². The summed E-state index contributed by atoms with van der Waals surface area (Å²) in [5.41, 5.74) is 3.72. The summed E-state index contributed by atoms with van der Waals surface area (Å²) in [6, 6.07) is 10.7. The largest absolute Gasteiger partial charge is 0.494 e.